The lowest BCUT2D eigenvalue weighted by molar-refractivity contribution is 0.321. The lowest BCUT2D eigenvalue weighted by atomic mass is 10.2. The summed E-state index contributed by atoms with van der Waals surface area (Å²) in [5.41, 5.74) is 7.66. The normalized spacial score (nSPS) is 10.5. The smallest absolute Gasteiger partial charge is 0.167 e. The molecule has 2 rings (SSSR count). The van der Waals surface area contributed by atoms with Crippen molar-refractivity contribution in [3.63, 3.8) is 0 Å². The van der Waals surface area contributed by atoms with Crippen LogP contribution < -0.4 is 15.8 Å². The topological polar surface area (TPSA) is 65.1 Å². The van der Waals surface area contributed by atoms with Gasteiger partial charge in [-0.15, -0.1) is 0 Å². The fraction of sp³-hybridized carbons (Fsp3) is 0.286. The van der Waals surface area contributed by atoms with Crippen LogP contribution in [-0.4, -0.2) is 21.4 Å². The standard InChI is InChI=1S/C14H17FN4OS/c1-4-20-11-6-5-9(7-10(11)15)17-14-12(13(16)21)8(2)18-19(14)3/h5-7,17H,4H2,1-3H3,(H2,16,21). The highest BCUT2D eigenvalue weighted by Crippen LogP contribution is 2.26. The number of nitrogens with two attached hydrogens (primary N) is 1. The van der Waals surface area contributed by atoms with Crippen molar-refractivity contribution in [3.8, 4) is 5.75 Å². The van der Waals surface area contributed by atoms with Gasteiger partial charge in [-0.05, 0) is 26.0 Å². The van der Waals surface area contributed by atoms with Crippen molar-refractivity contribution in [2.75, 3.05) is 11.9 Å². The van der Waals surface area contributed by atoms with E-state index in [0.29, 0.717) is 23.7 Å². The molecule has 2 aromatic rings. The quantitative estimate of drug-likeness (QED) is 0.831. The second-order valence-electron chi connectivity index (χ2n) is 4.50. The van der Waals surface area contributed by atoms with Crippen LogP contribution >= 0.6 is 12.2 Å². The van der Waals surface area contributed by atoms with E-state index in [4.69, 9.17) is 22.7 Å². The van der Waals surface area contributed by atoms with Crippen LogP contribution in [0.15, 0.2) is 18.2 Å². The van der Waals surface area contributed by atoms with E-state index in [1.165, 1.54) is 6.07 Å². The van der Waals surface area contributed by atoms with Gasteiger partial charge < -0.3 is 15.8 Å². The molecule has 0 atom stereocenters. The number of rotatable bonds is 5. The van der Waals surface area contributed by atoms with Gasteiger partial charge in [-0.3, -0.25) is 4.68 Å². The van der Waals surface area contributed by atoms with Crippen LogP contribution in [0.5, 0.6) is 5.75 Å². The van der Waals surface area contributed by atoms with E-state index >= 15 is 0 Å². The number of anilines is 2. The molecular formula is C14H17FN4OS. The molecule has 3 N–H and O–H groups in total. The number of thiocarbonyl (C=S) groups is 1. The van der Waals surface area contributed by atoms with Crippen molar-refractivity contribution < 1.29 is 9.13 Å². The maximum Gasteiger partial charge on any atom is 0.167 e. The second kappa shape index (κ2) is 6.09. The highest BCUT2D eigenvalue weighted by atomic mass is 32.1. The van der Waals surface area contributed by atoms with E-state index < -0.39 is 5.82 Å². The first-order valence-corrected chi connectivity index (χ1v) is 6.87. The minimum Gasteiger partial charge on any atom is -0.491 e. The molecule has 21 heavy (non-hydrogen) atoms. The molecule has 0 fully saturated rings. The Morgan fingerprint density at radius 3 is 2.81 bits per heavy atom. The molecule has 0 radical (unpaired) electrons. The summed E-state index contributed by atoms with van der Waals surface area (Å²) >= 11 is 5.04. The molecule has 0 saturated carbocycles. The summed E-state index contributed by atoms with van der Waals surface area (Å²) in [6.07, 6.45) is 0. The molecule has 0 spiro atoms. The number of nitrogens with zero attached hydrogens (tertiary/aromatic N) is 2. The van der Waals surface area contributed by atoms with Gasteiger partial charge in [0.25, 0.3) is 0 Å². The van der Waals surface area contributed by atoms with E-state index in [1.807, 2.05) is 6.92 Å². The summed E-state index contributed by atoms with van der Waals surface area (Å²) in [4.78, 5) is 0.245. The zero-order valence-corrected chi connectivity index (χ0v) is 12.9. The average molecular weight is 308 g/mol. The molecule has 0 amide bonds. The molecule has 0 bridgehead atoms. The molecular weight excluding hydrogens is 291 g/mol. The Labute approximate surface area is 127 Å². The molecule has 112 valence electrons. The molecule has 7 heteroatoms. The molecule has 5 nitrogen and oxygen atoms in total. The minimum absolute atomic E-state index is 0.221. The molecule has 0 saturated heterocycles. The highest BCUT2D eigenvalue weighted by molar-refractivity contribution is 7.80. The first kappa shape index (κ1) is 15.2. The number of hydrogen-bond acceptors (Lipinski definition) is 4. The number of hydrogen-bond donors (Lipinski definition) is 2. The first-order chi connectivity index (χ1) is 9.93. The van der Waals surface area contributed by atoms with Gasteiger partial charge in [0.2, 0.25) is 0 Å². The summed E-state index contributed by atoms with van der Waals surface area (Å²) in [6, 6.07) is 4.65. The van der Waals surface area contributed by atoms with Crippen LogP contribution in [0.2, 0.25) is 0 Å². The summed E-state index contributed by atoms with van der Waals surface area (Å²) < 4.78 is 20.7. The monoisotopic (exact) mass is 308 g/mol. The fourth-order valence-electron chi connectivity index (χ4n) is 2.08. The van der Waals surface area contributed by atoms with Crippen molar-refractivity contribution in [3.05, 3.63) is 35.3 Å². The lowest BCUT2D eigenvalue weighted by Crippen LogP contribution is -2.13. The number of nitrogens with one attached hydrogen (secondary N) is 1. The maximum atomic E-state index is 13.9. The van der Waals surface area contributed by atoms with Crippen LogP contribution in [0.25, 0.3) is 0 Å². The van der Waals surface area contributed by atoms with Gasteiger partial charge in [-0.1, -0.05) is 12.2 Å². The van der Waals surface area contributed by atoms with Crippen molar-refractivity contribution in [2.45, 2.75) is 13.8 Å². The Kier molecular flexibility index (Phi) is 4.42. The SMILES string of the molecule is CCOc1ccc(Nc2c(C(N)=S)c(C)nn2C)cc1F. The van der Waals surface area contributed by atoms with Gasteiger partial charge >= 0.3 is 0 Å². The van der Waals surface area contributed by atoms with Crippen LogP contribution in [-0.2, 0) is 7.05 Å². The largest absolute Gasteiger partial charge is 0.491 e. The van der Waals surface area contributed by atoms with Crippen LogP contribution in [0, 0.1) is 12.7 Å². The van der Waals surface area contributed by atoms with E-state index in [9.17, 15) is 4.39 Å². The van der Waals surface area contributed by atoms with E-state index in [0.717, 1.165) is 5.69 Å². The van der Waals surface area contributed by atoms with E-state index in [2.05, 4.69) is 10.4 Å². The third kappa shape index (κ3) is 3.13. The summed E-state index contributed by atoms with van der Waals surface area (Å²) in [7, 11) is 1.77. The van der Waals surface area contributed by atoms with Gasteiger partial charge in [-0.25, -0.2) is 4.39 Å². The minimum atomic E-state index is -0.433. The van der Waals surface area contributed by atoms with Gasteiger partial charge in [0.1, 0.15) is 10.8 Å². The Morgan fingerprint density at radius 2 is 2.24 bits per heavy atom. The van der Waals surface area contributed by atoms with Gasteiger partial charge in [0, 0.05) is 18.8 Å². The predicted octanol–water partition coefficient (Wildman–Crippen LogP) is 2.64. The van der Waals surface area contributed by atoms with Crippen LogP contribution in [0.1, 0.15) is 18.2 Å². The highest BCUT2D eigenvalue weighted by Gasteiger charge is 2.16. The number of aromatic nitrogens is 2. The Hall–Kier alpha value is -2.15. The Bertz CT molecular complexity index is 684. The maximum absolute atomic E-state index is 13.9. The zero-order valence-electron chi connectivity index (χ0n) is 12.1. The second-order valence-corrected chi connectivity index (χ2v) is 4.94. The summed E-state index contributed by atoms with van der Waals surface area (Å²) in [5, 5.41) is 7.36. The number of ether oxygens (including phenoxy) is 1. The molecule has 0 aliphatic carbocycles. The van der Waals surface area contributed by atoms with Gasteiger partial charge in [-0.2, -0.15) is 5.10 Å². The van der Waals surface area contributed by atoms with Crippen LogP contribution in [0.3, 0.4) is 0 Å². The van der Waals surface area contributed by atoms with Crippen molar-refractivity contribution in [2.24, 2.45) is 12.8 Å². The predicted molar refractivity (Wildman–Crippen MR) is 84.7 cm³/mol. The molecule has 0 aliphatic heterocycles. The lowest BCUT2D eigenvalue weighted by Gasteiger charge is -2.11. The van der Waals surface area contributed by atoms with Crippen molar-refractivity contribution in [1.29, 1.82) is 0 Å². The third-order valence-corrected chi connectivity index (χ3v) is 3.17. The summed E-state index contributed by atoms with van der Waals surface area (Å²) in [6.45, 7) is 4.03. The number of halogens is 1. The van der Waals surface area contributed by atoms with Crippen LogP contribution in [0.4, 0.5) is 15.9 Å². The molecule has 1 heterocycles. The Balaban J connectivity index is 2.35. The van der Waals surface area contributed by atoms with E-state index in [-0.39, 0.29) is 10.7 Å². The van der Waals surface area contributed by atoms with Gasteiger partial charge in [0.15, 0.2) is 11.6 Å². The van der Waals surface area contributed by atoms with Gasteiger partial charge in [0.05, 0.1) is 17.9 Å². The number of aryl methyl sites for hydroxylation is 2. The molecule has 0 unspecified atom stereocenters. The first-order valence-electron chi connectivity index (χ1n) is 6.46. The molecule has 0 aliphatic rings. The zero-order chi connectivity index (χ0) is 15.6. The Morgan fingerprint density at radius 1 is 1.52 bits per heavy atom. The molecule has 1 aromatic carbocycles. The average Bonchev–Trinajstić information content (AvgIpc) is 2.67. The van der Waals surface area contributed by atoms with Crippen molar-refractivity contribution in [1.82, 2.24) is 9.78 Å². The molecule has 1 aromatic heterocycles. The van der Waals surface area contributed by atoms with E-state index in [1.54, 1.807) is 30.8 Å². The third-order valence-electron chi connectivity index (χ3n) is 2.96. The number of benzene rings is 1. The van der Waals surface area contributed by atoms with Crippen molar-refractivity contribution >= 4 is 28.7 Å². The summed E-state index contributed by atoms with van der Waals surface area (Å²) in [5.74, 6) is 0.417. The fourth-order valence-corrected chi connectivity index (χ4v) is 2.33.